The van der Waals surface area contributed by atoms with E-state index in [9.17, 15) is 18.0 Å². The first kappa shape index (κ1) is 20.1. The van der Waals surface area contributed by atoms with Crippen LogP contribution in [0.5, 0.6) is 0 Å². The lowest BCUT2D eigenvalue weighted by atomic mass is 10.3. The van der Waals surface area contributed by atoms with Crippen LogP contribution in [0.25, 0.3) is 0 Å². The zero-order valence-corrected chi connectivity index (χ0v) is 17.2. The number of aromatic nitrogens is 2. The quantitative estimate of drug-likeness (QED) is 0.700. The van der Waals surface area contributed by atoms with Gasteiger partial charge >= 0.3 is 5.97 Å². The highest BCUT2D eigenvalue weighted by atomic mass is 35.5. The summed E-state index contributed by atoms with van der Waals surface area (Å²) < 4.78 is 30.3. The highest BCUT2D eigenvalue weighted by Gasteiger charge is 2.31. The molecule has 1 unspecified atom stereocenters. The fourth-order valence-corrected chi connectivity index (χ4v) is 5.86. The van der Waals surface area contributed by atoms with Gasteiger partial charge < -0.3 is 10.1 Å². The summed E-state index contributed by atoms with van der Waals surface area (Å²) in [6, 6.07) is 2.65. The second-order valence-corrected chi connectivity index (χ2v) is 10.5. The Bertz CT molecular complexity index is 999. The summed E-state index contributed by atoms with van der Waals surface area (Å²) in [7, 11) is -3.10. The number of sulfone groups is 1. The summed E-state index contributed by atoms with van der Waals surface area (Å²) >= 11 is 12.7. The van der Waals surface area contributed by atoms with Crippen LogP contribution in [0.1, 0.15) is 28.5 Å². The average Bonchev–Trinajstić information content (AvgIpc) is 3.22. The summed E-state index contributed by atoms with van der Waals surface area (Å²) in [4.78, 5) is 24.1. The SMILES string of the molecule is Cc1cc(NC(=O)COC(=O)c2cc(Cl)sc2Cl)n(C2CCS(=O)(=O)C2)n1. The van der Waals surface area contributed by atoms with Crippen LogP contribution in [0.4, 0.5) is 5.82 Å². The number of ether oxygens (including phenoxy) is 1. The third kappa shape index (κ3) is 4.81. The Morgan fingerprint density at radius 1 is 1.41 bits per heavy atom. The van der Waals surface area contributed by atoms with Crippen LogP contribution in [0.15, 0.2) is 12.1 Å². The number of carbonyl (C=O) groups is 2. The second-order valence-electron chi connectivity index (χ2n) is 6.03. The van der Waals surface area contributed by atoms with E-state index in [1.54, 1.807) is 13.0 Å². The topological polar surface area (TPSA) is 107 Å². The van der Waals surface area contributed by atoms with Crippen molar-refractivity contribution in [2.75, 3.05) is 23.4 Å². The lowest BCUT2D eigenvalue weighted by Gasteiger charge is -2.13. The van der Waals surface area contributed by atoms with Crippen molar-refractivity contribution in [2.24, 2.45) is 0 Å². The number of aryl methyl sites for hydroxylation is 1. The molecule has 1 saturated heterocycles. The second kappa shape index (κ2) is 7.78. The van der Waals surface area contributed by atoms with Crippen molar-refractivity contribution in [3.8, 4) is 0 Å². The minimum atomic E-state index is -3.10. The van der Waals surface area contributed by atoms with Gasteiger partial charge in [-0.15, -0.1) is 11.3 Å². The molecule has 8 nitrogen and oxygen atoms in total. The molecule has 2 aromatic rings. The van der Waals surface area contributed by atoms with E-state index in [2.05, 4.69) is 10.4 Å². The maximum atomic E-state index is 12.1. The van der Waals surface area contributed by atoms with Gasteiger partial charge in [-0.1, -0.05) is 23.2 Å². The fourth-order valence-electron chi connectivity index (χ4n) is 2.72. The highest BCUT2D eigenvalue weighted by molar-refractivity contribution is 7.91. The molecule has 0 saturated carbocycles. The normalized spacial score (nSPS) is 18.4. The molecule has 1 aliphatic rings. The third-order valence-electron chi connectivity index (χ3n) is 3.89. The summed E-state index contributed by atoms with van der Waals surface area (Å²) in [6.07, 6.45) is 0.429. The summed E-state index contributed by atoms with van der Waals surface area (Å²) in [5, 5.41) is 6.86. The molecule has 0 aliphatic carbocycles. The molecule has 3 heterocycles. The van der Waals surface area contributed by atoms with Crippen molar-refractivity contribution < 1.29 is 22.7 Å². The van der Waals surface area contributed by atoms with Crippen molar-refractivity contribution in [1.29, 1.82) is 0 Å². The van der Waals surface area contributed by atoms with Gasteiger partial charge in [-0.25, -0.2) is 17.9 Å². The average molecular weight is 452 g/mol. The highest BCUT2D eigenvalue weighted by Crippen LogP contribution is 2.31. The summed E-state index contributed by atoms with van der Waals surface area (Å²) in [6.45, 7) is 1.20. The fraction of sp³-hybridized carbons (Fsp3) is 0.400. The lowest BCUT2D eigenvalue weighted by molar-refractivity contribution is -0.119. The Morgan fingerprint density at radius 2 is 2.15 bits per heavy atom. The van der Waals surface area contributed by atoms with E-state index in [1.165, 1.54) is 10.7 Å². The van der Waals surface area contributed by atoms with Crippen molar-refractivity contribution in [3.63, 3.8) is 0 Å². The number of esters is 1. The number of thiophene rings is 1. The first-order chi connectivity index (χ1) is 12.6. The standard InChI is InChI=1S/C15H15Cl2N3O5S2/c1-8-4-12(20(19-8)9-2-3-27(23,24)7-9)18-13(21)6-25-15(22)10-5-11(16)26-14(10)17/h4-5,9H,2-3,6-7H2,1H3,(H,18,21). The van der Waals surface area contributed by atoms with E-state index in [4.69, 9.17) is 27.9 Å². The van der Waals surface area contributed by atoms with E-state index in [1.807, 2.05) is 0 Å². The molecule has 146 valence electrons. The van der Waals surface area contributed by atoms with E-state index in [0.717, 1.165) is 11.3 Å². The molecule has 1 amide bonds. The largest absolute Gasteiger partial charge is 0.452 e. The molecule has 12 heteroatoms. The van der Waals surface area contributed by atoms with Gasteiger partial charge in [0.25, 0.3) is 5.91 Å². The van der Waals surface area contributed by atoms with Gasteiger partial charge in [0.1, 0.15) is 10.2 Å². The Kier molecular flexibility index (Phi) is 5.80. The Labute approximate surface area is 169 Å². The predicted octanol–water partition coefficient (Wildman–Crippen LogP) is 2.71. The molecule has 2 aromatic heterocycles. The first-order valence-electron chi connectivity index (χ1n) is 7.83. The van der Waals surface area contributed by atoms with Gasteiger partial charge in [0.2, 0.25) is 0 Å². The number of hydrogen-bond donors (Lipinski definition) is 1. The van der Waals surface area contributed by atoms with Crippen LogP contribution in [0.3, 0.4) is 0 Å². The monoisotopic (exact) mass is 451 g/mol. The number of carbonyl (C=O) groups excluding carboxylic acids is 2. The van der Waals surface area contributed by atoms with Gasteiger partial charge in [-0.05, 0) is 19.4 Å². The van der Waals surface area contributed by atoms with E-state index < -0.39 is 28.3 Å². The van der Waals surface area contributed by atoms with Crippen LogP contribution < -0.4 is 5.32 Å². The Hall–Kier alpha value is -1.62. The van der Waals surface area contributed by atoms with Crippen molar-refractivity contribution in [3.05, 3.63) is 32.1 Å². The maximum absolute atomic E-state index is 12.1. The Balaban J connectivity index is 1.63. The first-order valence-corrected chi connectivity index (χ1v) is 11.2. The van der Waals surface area contributed by atoms with Gasteiger partial charge in [-0.2, -0.15) is 5.10 Å². The Morgan fingerprint density at radius 3 is 2.74 bits per heavy atom. The van der Waals surface area contributed by atoms with E-state index in [-0.39, 0.29) is 27.4 Å². The number of nitrogens with zero attached hydrogens (tertiary/aromatic N) is 2. The number of halogens is 2. The molecule has 3 rings (SSSR count). The molecule has 1 aliphatic heterocycles. The minimum Gasteiger partial charge on any atom is -0.452 e. The van der Waals surface area contributed by atoms with Crippen molar-refractivity contribution in [2.45, 2.75) is 19.4 Å². The number of hydrogen-bond acceptors (Lipinski definition) is 7. The van der Waals surface area contributed by atoms with Crippen molar-refractivity contribution >= 4 is 62.1 Å². The number of nitrogens with one attached hydrogen (secondary N) is 1. The van der Waals surface area contributed by atoms with Crippen LogP contribution in [0.2, 0.25) is 8.67 Å². The molecule has 0 bridgehead atoms. The summed E-state index contributed by atoms with van der Waals surface area (Å²) in [5.41, 5.74) is 0.725. The molecular weight excluding hydrogens is 437 g/mol. The lowest BCUT2D eigenvalue weighted by Crippen LogP contribution is -2.24. The van der Waals surface area contributed by atoms with Gasteiger partial charge in [-0.3, -0.25) is 4.79 Å². The van der Waals surface area contributed by atoms with Gasteiger partial charge in [0.05, 0.1) is 33.1 Å². The van der Waals surface area contributed by atoms with Gasteiger partial charge in [0, 0.05) is 6.07 Å². The zero-order chi connectivity index (χ0) is 19.8. The number of amides is 1. The molecule has 1 N–H and O–H groups in total. The van der Waals surface area contributed by atoms with Gasteiger partial charge in [0.15, 0.2) is 16.4 Å². The minimum absolute atomic E-state index is 0.0244. The zero-order valence-electron chi connectivity index (χ0n) is 14.1. The molecule has 0 spiro atoms. The maximum Gasteiger partial charge on any atom is 0.341 e. The van der Waals surface area contributed by atoms with E-state index in [0.29, 0.717) is 22.3 Å². The molecule has 27 heavy (non-hydrogen) atoms. The van der Waals surface area contributed by atoms with Crippen LogP contribution in [-0.2, 0) is 19.4 Å². The third-order valence-corrected chi connectivity index (χ3v) is 7.13. The molecule has 1 fully saturated rings. The van der Waals surface area contributed by atoms with Crippen LogP contribution in [0, 0.1) is 6.92 Å². The molecular formula is C15H15Cl2N3O5S2. The van der Waals surface area contributed by atoms with Crippen molar-refractivity contribution in [1.82, 2.24) is 9.78 Å². The van der Waals surface area contributed by atoms with Crippen LogP contribution in [-0.4, -0.2) is 48.2 Å². The van der Waals surface area contributed by atoms with E-state index >= 15 is 0 Å². The number of rotatable bonds is 5. The predicted molar refractivity (Wildman–Crippen MR) is 103 cm³/mol. The van der Waals surface area contributed by atoms with Crippen LogP contribution >= 0.6 is 34.5 Å². The molecule has 0 aromatic carbocycles. The molecule has 0 radical (unpaired) electrons. The smallest absolute Gasteiger partial charge is 0.341 e. The summed E-state index contributed by atoms with van der Waals surface area (Å²) in [5.74, 6) is -0.922. The molecule has 1 atom stereocenters. The number of anilines is 1.